The van der Waals surface area contributed by atoms with E-state index in [-0.39, 0.29) is 48.0 Å². The Bertz CT molecular complexity index is 1460. The third kappa shape index (κ3) is 5.18. The van der Waals surface area contributed by atoms with Crippen molar-refractivity contribution in [1.82, 2.24) is 10.4 Å². The van der Waals surface area contributed by atoms with Gasteiger partial charge in [0.25, 0.3) is 11.8 Å². The zero-order valence-electron chi connectivity index (χ0n) is 18.3. The fourth-order valence-electron chi connectivity index (χ4n) is 3.26. The lowest BCUT2D eigenvalue weighted by Crippen LogP contribution is -2.44. The molecule has 1 fully saturated rings. The summed E-state index contributed by atoms with van der Waals surface area (Å²) in [5, 5.41) is 19.7. The number of carboxylic acid groups (broad SMARTS) is 2. The molecule has 0 aliphatic carbocycles. The van der Waals surface area contributed by atoms with Gasteiger partial charge in [-0.3, -0.25) is 15.0 Å². The fourth-order valence-corrected chi connectivity index (χ4v) is 4.74. The van der Waals surface area contributed by atoms with Gasteiger partial charge in [-0.2, -0.15) is 5.01 Å². The maximum atomic E-state index is 12.9. The number of aryl methyl sites for hydroxylation is 1. The number of hydrogen-bond donors (Lipinski definition) is 3. The third-order valence-electron chi connectivity index (χ3n) is 4.99. The first-order chi connectivity index (χ1) is 17.0. The molecule has 182 valence electrons. The molecule has 4 rings (SSSR count). The summed E-state index contributed by atoms with van der Waals surface area (Å²) in [5.41, 5.74) is 3.31. The molecule has 2 heterocycles. The van der Waals surface area contributed by atoms with E-state index in [4.69, 9.17) is 28.2 Å². The number of aromatic carboxylic acids is 2. The van der Waals surface area contributed by atoms with Gasteiger partial charge in [-0.15, -0.1) is 0 Å². The number of nitrogens with one attached hydrogen (secondary N) is 1. The number of nitrogens with zero attached hydrogens (tertiary/aromatic N) is 1. The monoisotopic (exact) mass is 542 g/mol. The summed E-state index contributed by atoms with van der Waals surface area (Å²) in [7, 11) is 0. The number of benzene rings is 2. The number of hydrazine groups is 1. The molecule has 1 aromatic heterocycles. The molecule has 0 bridgehead atoms. The van der Waals surface area contributed by atoms with E-state index in [1.807, 2.05) is 6.92 Å². The second-order valence-electron chi connectivity index (χ2n) is 7.55. The average Bonchev–Trinajstić information content (AvgIpc) is 3.39. The van der Waals surface area contributed by atoms with E-state index in [1.54, 1.807) is 18.2 Å². The highest BCUT2D eigenvalue weighted by atomic mass is 35.5. The van der Waals surface area contributed by atoms with Crippen molar-refractivity contribution in [3.8, 4) is 11.3 Å². The standard InChI is InChI=1S/C24H15ClN2O7S2/c1-11-2-4-16(17(25)6-11)20(28)26-27-21(29)19(36-24(27)35)10-15-3-5-18(34-15)12-7-13(22(30)31)9-14(8-12)23(32)33/h2-10H,1H3,(H,26,28)(H,30,31)(H,32,33)/b19-10+. The molecule has 9 nitrogen and oxygen atoms in total. The topological polar surface area (TPSA) is 137 Å². The first kappa shape index (κ1) is 25.2. The summed E-state index contributed by atoms with van der Waals surface area (Å²) in [6, 6.07) is 11.5. The Hall–Kier alpha value is -3.93. The Morgan fingerprint density at radius 3 is 2.33 bits per heavy atom. The number of halogens is 1. The van der Waals surface area contributed by atoms with Gasteiger partial charge in [-0.05, 0) is 67.2 Å². The second-order valence-corrected chi connectivity index (χ2v) is 9.64. The molecule has 36 heavy (non-hydrogen) atoms. The molecule has 3 aromatic rings. The highest BCUT2D eigenvalue weighted by Crippen LogP contribution is 2.33. The number of carbonyl (C=O) groups is 4. The van der Waals surface area contributed by atoms with Gasteiger partial charge in [0.15, 0.2) is 4.32 Å². The second kappa shape index (κ2) is 9.97. The van der Waals surface area contributed by atoms with Gasteiger partial charge in [-0.25, -0.2) is 9.59 Å². The minimum absolute atomic E-state index is 0.0925. The molecular formula is C24H15ClN2O7S2. The van der Waals surface area contributed by atoms with Crippen LogP contribution >= 0.6 is 35.6 Å². The number of thiocarbonyl (C=S) groups is 1. The molecule has 0 saturated carbocycles. The average molecular weight is 543 g/mol. The molecular weight excluding hydrogens is 528 g/mol. The van der Waals surface area contributed by atoms with Crippen LogP contribution < -0.4 is 5.43 Å². The van der Waals surface area contributed by atoms with E-state index >= 15 is 0 Å². The number of hydrogen-bond acceptors (Lipinski definition) is 7. The Morgan fingerprint density at radius 1 is 1.06 bits per heavy atom. The molecule has 1 aliphatic rings. The highest BCUT2D eigenvalue weighted by Gasteiger charge is 2.34. The smallest absolute Gasteiger partial charge is 0.335 e. The van der Waals surface area contributed by atoms with Crippen molar-refractivity contribution in [2.45, 2.75) is 6.92 Å². The van der Waals surface area contributed by atoms with Crippen LogP contribution in [0.5, 0.6) is 0 Å². The van der Waals surface area contributed by atoms with Crippen molar-refractivity contribution >= 4 is 69.7 Å². The molecule has 0 spiro atoms. The van der Waals surface area contributed by atoms with Crippen molar-refractivity contribution in [3.63, 3.8) is 0 Å². The third-order valence-corrected chi connectivity index (χ3v) is 6.60. The molecule has 1 aliphatic heterocycles. The number of amides is 2. The summed E-state index contributed by atoms with van der Waals surface area (Å²) in [5.74, 6) is -3.33. The van der Waals surface area contributed by atoms with Crippen molar-refractivity contribution in [2.24, 2.45) is 0 Å². The van der Waals surface area contributed by atoms with Crippen molar-refractivity contribution in [1.29, 1.82) is 0 Å². The van der Waals surface area contributed by atoms with Gasteiger partial charge in [0.05, 0.1) is 26.6 Å². The summed E-state index contributed by atoms with van der Waals surface area (Å²) >= 11 is 12.3. The first-order valence-corrected chi connectivity index (χ1v) is 11.7. The summed E-state index contributed by atoms with van der Waals surface area (Å²) < 4.78 is 5.80. The molecule has 12 heteroatoms. The zero-order valence-corrected chi connectivity index (χ0v) is 20.7. The molecule has 0 atom stereocenters. The van der Waals surface area contributed by atoms with Crippen LogP contribution in [0.3, 0.4) is 0 Å². The van der Waals surface area contributed by atoms with Gasteiger partial charge in [0.1, 0.15) is 11.5 Å². The predicted octanol–water partition coefficient (Wildman–Crippen LogP) is 4.85. The molecule has 2 amide bonds. The number of carboxylic acids is 2. The van der Waals surface area contributed by atoms with Gasteiger partial charge in [0.2, 0.25) is 0 Å². The summed E-state index contributed by atoms with van der Waals surface area (Å²) in [6.07, 6.45) is 1.41. The Kier molecular flexibility index (Phi) is 6.97. The van der Waals surface area contributed by atoms with E-state index in [1.165, 1.54) is 30.3 Å². The minimum Gasteiger partial charge on any atom is -0.478 e. The summed E-state index contributed by atoms with van der Waals surface area (Å²) in [4.78, 5) is 48.4. The summed E-state index contributed by atoms with van der Waals surface area (Å²) in [6.45, 7) is 1.83. The van der Waals surface area contributed by atoms with Crippen molar-refractivity contribution in [3.05, 3.63) is 86.5 Å². The van der Waals surface area contributed by atoms with Crippen LogP contribution in [0.25, 0.3) is 17.4 Å². The highest BCUT2D eigenvalue weighted by molar-refractivity contribution is 8.26. The maximum absolute atomic E-state index is 12.9. The van der Waals surface area contributed by atoms with Crippen LogP contribution in [-0.4, -0.2) is 43.3 Å². The molecule has 2 aromatic carbocycles. The normalized spacial score (nSPS) is 14.4. The molecule has 0 radical (unpaired) electrons. The lowest BCUT2D eigenvalue weighted by molar-refractivity contribution is -0.123. The van der Waals surface area contributed by atoms with E-state index in [2.05, 4.69) is 5.43 Å². The van der Waals surface area contributed by atoms with E-state index < -0.39 is 23.8 Å². The van der Waals surface area contributed by atoms with Crippen LogP contribution in [0.4, 0.5) is 0 Å². The molecule has 0 unspecified atom stereocenters. The van der Waals surface area contributed by atoms with E-state index in [0.29, 0.717) is 0 Å². The fraction of sp³-hybridized carbons (Fsp3) is 0.0417. The number of rotatable bonds is 6. The maximum Gasteiger partial charge on any atom is 0.335 e. The van der Waals surface area contributed by atoms with Crippen LogP contribution in [0.15, 0.2) is 57.9 Å². The van der Waals surface area contributed by atoms with Gasteiger partial charge < -0.3 is 14.6 Å². The molecule has 1 saturated heterocycles. The quantitative estimate of drug-likeness (QED) is 0.295. The number of thioether (sulfide) groups is 1. The van der Waals surface area contributed by atoms with E-state index in [9.17, 15) is 29.4 Å². The van der Waals surface area contributed by atoms with Gasteiger partial charge in [-0.1, -0.05) is 29.4 Å². The van der Waals surface area contributed by atoms with Crippen LogP contribution in [0.2, 0.25) is 5.02 Å². The molecule has 3 N–H and O–H groups in total. The zero-order chi connectivity index (χ0) is 26.1. The van der Waals surface area contributed by atoms with Crippen molar-refractivity contribution < 1.29 is 33.8 Å². The number of carbonyl (C=O) groups excluding carboxylic acids is 2. The Labute approximate surface area is 218 Å². The van der Waals surface area contributed by atoms with Crippen LogP contribution in [0.1, 0.15) is 42.4 Å². The Balaban J connectivity index is 1.56. The van der Waals surface area contributed by atoms with Crippen LogP contribution in [-0.2, 0) is 4.79 Å². The Morgan fingerprint density at radius 2 is 1.72 bits per heavy atom. The van der Waals surface area contributed by atoms with Crippen LogP contribution in [0, 0.1) is 6.92 Å². The largest absolute Gasteiger partial charge is 0.478 e. The van der Waals surface area contributed by atoms with Gasteiger partial charge >= 0.3 is 11.9 Å². The lowest BCUT2D eigenvalue weighted by Gasteiger charge is -2.16. The van der Waals surface area contributed by atoms with Crippen molar-refractivity contribution in [2.75, 3.05) is 0 Å². The lowest BCUT2D eigenvalue weighted by atomic mass is 10.0. The van der Waals surface area contributed by atoms with E-state index in [0.717, 1.165) is 28.4 Å². The SMILES string of the molecule is Cc1ccc(C(=O)NN2C(=O)/C(=C\c3ccc(-c4cc(C(=O)O)cc(C(=O)O)c4)o3)SC2=S)c(Cl)c1. The first-order valence-electron chi connectivity index (χ1n) is 10.1. The predicted molar refractivity (Wildman–Crippen MR) is 137 cm³/mol. The van der Waals surface area contributed by atoms with Gasteiger partial charge in [0, 0.05) is 11.6 Å². The number of furan rings is 1. The minimum atomic E-state index is -1.29.